The third kappa shape index (κ3) is 3.59. The van der Waals surface area contributed by atoms with Crippen LogP contribution in [-0.2, 0) is 4.79 Å². The maximum absolute atomic E-state index is 12.2. The molecule has 0 aromatic carbocycles. The zero-order valence-corrected chi connectivity index (χ0v) is 13.2. The van der Waals surface area contributed by atoms with Crippen LogP contribution in [-0.4, -0.2) is 29.8 Å². The Bertz CT molecular complexity index is 314. The van der Waals surface area contributed by atoms with Gasteiger partial charge in [-0.3, -0.25) is 9.69 Å². The molecule has 1 saturated carbocycles. The second-order valence-electron chi connectivity index (χ2n) is 7.22. The van der Waals surface area contributed by atoms with Gasteiger partial charge in [-0.25, -0.2) is 0 Å². The maximum Gasteiger partial charge on any atom is 0.137 e. The summed E-state index contributed by atoms with van der Waals surface area (Å²) in [5.41, 5.74) is 0. The Morgan fingerprint density at radius 2 is 1.95 bits per heavy atom. The lowest BCUT2D eigenvalue weighted by Crippen LogP contribution is -2.49. The van der Waals surface area contributed by atoms with E-state index in [1.807, 2.05) is 0 Å². The van der Waals surface area contributed by atoms with Gasteiger partial charge < -0.3 is 0 Å². The van der Waals surface area contributed by atoms with Gasteiger partial charge in [0.2, 0.25) is 0 Å². The number of piperidine rings is 1. The summed E-state index contributed by atoms with van der Waals surface area (Å²) in [4.78, 5) is 14.8. The SMILES string of the molecule is CCC1CCC(=O)C(CN2CC(C)CC(C)C2C)C1. The van der Waals surface area contributed by atoms with E-state index in [0.29, 0.717) is 17.7 Å². The fourth-order valence-corrected chi connectivity index (χ4v) is 4.11. The predicted molar refractivity (Wildman–Crippen MR) is 80.1 cm³/mol. The van der Waals surface area contributed by atoms with Crippen LogP contribution in [0.4, 0.5) is 0 Å². The highest BCUT2D eigenvalue weighted by atomic mass is 16.1. The number of ketones is 1. The summed E-state index contributed by atoms with van der Waals surface area (Å²) >= 11 is 0. The molecule has 0 N–H and O–H groups in total. The summed E-state index contributed by atoms with van der Waals surface area (Å²) < 4.78 is 0. The molecule has 110 valence electrons. The van der Waals surface area contributed by atoms with Gasteiger partial charge in [0, 0.05) is 31.5 Å². The summed E-state index contributed by atoms with van der Waals surface area (Å²) in [5, 5.41) is 0. The zero-order valence-electron chi connectivity index (χ0n) is 13.2. The second kappa shape index (κ2) is 6.39. The number of nitrogens with zero attached hydrogens (tertiary/aromatic N) is 1. The third-order valence-electron chi connectivity index (χ3n) is 5.62. The monoisotopic (exact) mass is 265 g/mol. The molecule has 2 rings (SSSR count). The van der Waals surface area contributed by atoms with E-state index in [-0.39, 0.29) is 0 Å². The van der Waals surface area contributed by atoms with Crippen molar-refractivity contribution in [3.05, 3.63) is 0 Å². The molecule has 0 radical (unpaired) electrons. The van der Waals surface area contributed by atoms with Gasteiger partial charge in [-0.1, -0.05) is 27.2 Å². The molecule has 0 bridgehead atoms. The van der Waals surface area contributed by atoms with E-state index in [1.165, 1.54) is 19.4 Å². The highest BCUT2D eigenvalue weighted by molar-refractivity contribution is 5.81. The molecule has 0 aromatic rings. The van der Waals surface area contributed by atoms with E-state index in [2.05, 4.69) is 32.6 Å². The number of carbonyl (C=O) groups excluding carboxylic acids is 1. The number of carbonyl (C=O) groups is 1. The molecule has 1 aliphatic heterocycles. The van der Waals surface area contributed by atoms with Crippen LogP contribution < -0.4 is 0 Å². The lowest BCUT2D eigenvalue weighted by molar-refractivity contribution is -0.127. The van der Waals surface area contributed by atoms with Crippen LogP contribution in [0.2, 0.25) is 0 Å². The normalized spacial score (nSPS) is 41.5. The Balaban J connectivity index is 1.96. The van der Waals surface area contributed by atoms with Crippen LogP contribution in [0.15, 0.2) is 0 Å². The minimum absolute atomic E-state index is 0.318. The van der Waals surface area contributed by atoms with E-state index >= 15 is 0 Å². The molecule has 5 unspecified atom stereocenters. The Hall–Kier alpha value is -0.370. The second-order valence-corrected chi connectivity index (χ2v) is 7.22. The molecule has 19 heavy (non-hydrogen) atoms. The van der Waals surface area contributed by atoms with Crippen LogP contribution in [0.3, 0.4) is 0 Å². The minimum atomic E-state index is 0.318. The van der Waals surface area contributed by atoms with Gasteiger partial charge in [0.15, 0.2) is 0 Å². The van der Waals surface area contributed by atoms with Crippen molar-refractivity contribution >= 4 is 5.78 Å². The first-order chi connectivity index (χ1) is 9.01. The average molecular weight is 265 g/mol. The number of Topliss-reactive ketones (excluding diaryl/α,β-unsaturated/α-hetero) is 1. The lowest BCUT2D eigenvalue weighted by Gasteiger charge is -2.43. The fraction of sp³-hybridized carbons (Fsp3) is 0.941. The molecule has 2 nitrogen and oxygen atoms in total. The van der Waals surface area contributed by atoms with Crippen molar-refractivity contribution in [2.45, 2.75) is 65.8 Å². The van der Waals surface area contributed by atoms with Crippen molar-refractivity contribution < 1.29 is 4.79 Å². The molecule has 2 fully saturated rings. The Kier molecular flexibility index (Phi) is 5.05. The van der Waals surface area contributed by atoms with Gasteiger partial charge in [-0.2, -0.15) is 0 Å². The fourth-order valence-electron chi connectivity index (χ4n) is 4.11. The maximum atomic E-state index is 12.2. The van der Waals surface area contributed by atoms with E-state index < -0.39 is 0 Å². The van der Waals surface area contributed by atoms with Crippen LogP contribution in [0.1, 0.15) is 59.8 Å². The molecule has 2 aliphatic rings. The van der Waals surface area contributed by atoms with E-state index in [4.69, 9.17) is 0 Å². The highest BCUT2D eigenvalue weighted by Crippen LogP contribution is 2.32. The largest absolute Gasteiger partial charge is 0.299 e. The molecule has 2 heteroatoms. The summed E-state index contributed by atoms with van der Waals surface area (Å²) in [7, 11) is 0. The minimum Gasteiger partial charge on any atom is -0.299 e. The Labute approximate surface area is 118 Å². The van der Waals surface area contributed by atoms with Gasteiger partial charge in [0.1, 0.15) is 5.78 Å². The topological polar surface area (TPSA) is 20.3 Å². The van der Waals surface area contributed by atoms with Gasteiger partial charge >= 0.3 is 0 Å². The molecule has 1 aliphatic carbocycles. The quantitative estimate of drug-likeness (QED) is 0.774. The van der Waals surface area contributed by atoms with Crippen molar-refractivity contribution in [3.63, 3.8) is 0 Å². The van der Waals surface area contributed by atoms with Crippen molar-refractivity contribution in [1.82, 2.24) is 4.90 Å². The molecule has 0 spiro atoms. The highest BCUT2D eigenvalue weighted by Gasteiger charge is 2.34. The first-order valence-electron chi connectivity index (χ1n) is 8.28. The smallest absolute Gasteiger partial charge is 0.137 e. The van der Waals surface area contributed by atoms with E-state index in [9.17, 15) is 4.79 Å². The zero-order chi connectivity index (χ0) is 14.0. The van der Waals surface area contributed by atoms with Crippen LogP contribution >= 0.6 is 0 Å². The van der Waals surface area contributed by atoms with Gasteiger partial charge in [-0.15, -0.1) is 0 Å². The van der Waals surface area contributed by atoms with Gasteiger partial charge in [0.25, 0.3) is 0 Å². The van der Waals surface area contributed by atoms with Gasteiger partial charge in [0.05, 0.1) is 0 Å². The van der Waals surface area contributed by atoms with Crippen LogP contribution in [0, 0.1) is 23.7 Å². The molecule has 0 aromatic heterocycles. The first kappa shape index (κ1) is 15.0. The summed E-state index contributed by atoms with van der Waals surface area (Å²) in [6.45, 7) is 11.5. The molecule has 0 amide bonds. The number of hydrogen-bond acceptors (Lipinski definition) is 2. The average Bonchev–Trinajstić information content (AvgIpc) is 2.38. The molecule has 1 heterocycles. The van der Waals surface area contributed by atoms with Crippen LogP contribution in [0.5, 0.6) is 0 Å². The van der Waals surface area contributed by atoms with Crippen LogP contribution in [0.25, 0.3) is 0 Å². The summed E-state index contributed by atoms with van der Waals surface area (Å²) in [5.74, 6) is 3.19. The van der Waals surface area contributed by atoms with Crippen molar-refractivity contribution in [2.24, 2.45) is 23.7 Å². The third-order valence-corrected chi connectivity index (χ3v) is 5.62. The number of rotatable bonds is 3. The lowest BCUT2D eigenvalue weighted by atomic mass is 9.78. The number of likely N-dealkylation sites (tertiary alicyclic amines) is 1. The molecular formula is C17H31NO. The van der Waals surface area contributed by atoms with Crippen molar-refractivity contribution in [3.8, 4) is 0 Å². The molecular weight excluding hydrogens is 234 g/mol. The van der Waals surface area contributed by atoms with E-state index in [1.54, 1.807) is 0 Å². The Morgan fingerprint density at radius 1 is 1.21 bits per heavy atom. The number of hydrogen-bond donors (Lipinski definition) is 0. The standard InChI is InChI=1S/C17H31NO/c1-5-15-6-7-17(19)16(9-15)11-18-10-12(2)8-13(3)14(18)4/h12-16H,5-11H2,1-4H3. The molecule has 5 atom stereocenters. The van der Waals surface area contributed by atoms with E-state index in [0.717, 1.165) is 43.6 Å². The van der Waals surface area contributed by atoms with Crippen molar-refractivity contribution in [1.29, 1.82) is 0 Å². The Morgan fingerprint density at radius 3 is 2.63 bits per heavy atom. The first-order valence-corrected chi connectivity index (χ1v) is 8.28. The van der Waals surface area contributed by atoms with Gasteiger partial charge in [-0.05, 0) is 43.9 Å². The molecule has 1 saturated heterocycles. The summed E-state index contributed by atoms with van der Waals surface area (Å²) in [6, 6.07) is 0.644. The predicted octanol–water partition coefficient (Wildman–Crippen LogP) is 3.75. The van der Waals surface area contributed by atoms with Crippen molar-refractivity contribution in [2.75, 3.05) is 13.1 Å². The summed E-state index contributed by atoms with van der Waals surface area (Å²) in [6.07, 6.45) is 5.69.